The van der Waals surface area contributed by atoms with Gasteiger partial charge in [-0.3, -0.25) is 0 Å². The molecule has 0 aliphatic rings. The summed E-state index contributed by atoms with van der Waals surface area (Å²) in [5.74, 6) is -2.58. The normalized spacial score (nSPS) is 9.19. The number of ether oxygens (including phenoxy) is 2. The van der Waals surface area contributed by atoms with Crippen molar-refractivity contribution in [1.82, 2.24) is 0 Å². The summed E-state index contributed by atoms with van der Waals surface area (Å²) in [6, 6.07) is 5.70. The van der Waals surface area contributed by atoms with E-state index in [-0.39, 0.29) is 59.5 Å². The van der Waals surface area contributed by atoms with Crippen LogP contribution < -0.4 is 0 Å². The van der Waals surface area contributed by atoms with Gasteiger partial charge in [0, 0.05) is 5.57 Å². The van der Waals surface area contributed by atoms with Crippen molar-refractivity contribution in [2.45, 2.75) is 6.92 Å². The number of carboxylic acid groups (broad SMARTS) is 1. The van der Waals surface area contributed by atoms with Gasteiger partial charge in [0.05, 0.1) is 11.1 Å². The second kappa shape index (κ2) is 9.33. The van der Waals surface area contributed by atoms with E-state index in [1.165, 1.54) is 31.2 Å². The first kappa shape index (κ1) is 19.4. The van der Waals surface area contributed by atoms with Gasteiger partial charge in [0.1, 0.15) is 13.2 Å². The van der Waals surface area contributed by atoms with E-state index >= 15 is 0 Å². The molecule has 6 nitrogen and oxygen atoms in total. The third-order valence-electron chi connectivity index (χ3n) is 2.28. The summed E-state index contributed by atoms with van der Waals surface area (Å²) in [4.78, 5) is 33.7. The topological polar surface area (TPSA) is 89.9 Å². The van der Waals surface area contributed by atoms with E-state index in [2.05, 4.69) is 6.58 Å². The van der Waals surface area contributed by atoms with Crippen LogP contribution in [0.25, 0.3) is 0 Å². The molecule has 0 amide bonds. The Morgan fingerprint density at radius 2 is 1.62 bits per heavy atom. The molecule has 0 bridgehead atoms. The molecule has 0 aliphatic carbocycles. The number of carbonyl (C=O) groups excluding carboxylic acids is 2. The first-order valence-electron chi connectivity index (χ1n) is 5.75. The van der Waals surface area contributed by atoms with Gasteiger partial charge in [0.15, 0.2) is 0 Å². The number of carbonyl (C=O) groups is 3. The van der Waals surface area contributed by atoms with Crippen LogP contribution in [0.5, 0.6) is 0 Å². The van der Waals surface area contributed by atoms with Crippen molar-refractivity contribution >= 4 is 47.5 Å². The molecule has 0 radical (unpaired) electrons. The van der Waals surface area contributed by atoms with Gasteiger partial charge >= 0.3 is 47.5 Å². The third-order valence-corrected chi connectivity index (χ3v) is 2.28. The molecule has 1 aromatic carbocycles. The second-order valence-electron chi connectivity index (χ2n) is 3.90. The van der Waals surface area contributed by atoms with Crippen LogP contribution >= 0.6 is 0 Å². The summed E-state index contributed by atoms with van der Waals surface area (Å²) in [5.41, 5.74) is 0.0511. The number of rotatable bonds is 6. The molecule has 1 aromatic rings. The molecule has 0 heterocycles. The number of esters is 2. The summed E-state index contributed by atoms with van der Waals surface area (Å²) >= 11 is 0. The minimum absolute atomic E-state index is 0. The Balaban J connectivity index is 0.00000400. The Morgan fingerprint density at radius 3 is 2.14 bits per heavy atom. The Labute approximate surface area is 144 Å². The van der Waals surface area contributed by atoms with Gasteiger partial charge in [-0.2, -0.15) is 0 Å². The van der Waals surface area contributed by atoms with E-state index in [1.807, 2.05) is 0 Å². The van der Waals surface area contributed by atoms with Gasteiger partial charge in [0.2, 0.25) is 0 Å². The van der Waals surface area contributed by atoms with E-state index in [0.717, 1.165) is 0 Å². The Hall–Kier alpha value is -1.63. The summed E-state index contributed by atoms with van der Waals surface area (Å²) < 4.78 is 9.58. The first-order chi connectivity index (χ1) is 9.43. The van der Waals surface area contributed by atoms with Crippen molar-refractivity contribution in [3.63, 3.8) is 0 Å². The third kappa shape index (κ3) is 6.12. The van der Waals surface area contributed by atoms with Crippen LogP contribution in [0.2, 0.25) is 0 Å². The molecule has 7 heteroatoms. The fourth-order valence-corrected chi connectivity index (χ4v) is 1.32. The monoisotopic (exact) mass is 302 g/mol. The predicted molar refractivity (Wildman–Crippen MR) is 76.6 cm³/mol. The van der Waals surface area contributed by atoms with Crippen molar-refractivity contribution in [2.75, 3.05) is 13.2 Å². The van der Waals surface area contributed by atoms with Crippen LogP contribution in [0.4, 0.5) is 0 Å². The number of carboxylic acids is 1. The van der Waals surface area contributed by atoms with E-state index in [9.17, 15) is 14.4 Å². The van der Waals surface area contributed by atoms with Crippen molar-refractivity contribution in [3.05, 3.63) is 47.5 Å². The van der Waals surface area contributed by atoms with Crippen LogP contribution in [0.15, 0.2) is 36.4 Å². The number of benzene rings is 1. The quantitative estimate of drug-likeness (QED) is 0.365. The van der Waals surface area contributed by atoms with Gasteiger partial charge in [0.25, 0.3) is 0 Å². The molecule has 0 unspecified atom stereocenters. The van der Waals surface area contributed by atoms with Gasteiger partial charge in [-0.25, -0.2) is 14.4 Å². The SMILES string of the molecule is C=C(C)C(=O)OCCOC(=O)c1ccccc1C(=O)O.[NaH]. The molecule has 0 saturated carbocycles. The summed E-state index contributed by atoms with van der Waals surface area (Å²) in [5, 5.41) is 8.93. The average molecular weight is 302 g/mol. The first-order valence-corrected chi connectivity index (χ1v) is 5.75. The van der Waals surface area contributed by atoms with Crippen LogP contribution in [-0.4, -0.2) is 65.8 Å². The number of hydrogen-bond donors (Lipinski definition) is 1. The fraction of sp³-hybridized carbons (Fsp3) is 0.214. The summed E-state index contributed by atoms with van der Waals surface area (Å²) in [6.45, 7) is 4.62. The molecule has 1 rings (SSSR count). The van der Waals surface area contributed by atoms with Crippen LogP contribution in [0.1, 0.15) is 27.6 Å². The van der Waals surface area contributed by atoms with E-state index in [1.54, 1.807) is 0 Å². The number of aromatic carboxylic acids is 1. The zero-order valence-corrected chi connectivity index (χ0v) is 10.9. The molecule has 0 spiro atoms. The Kier molecular flexibility index (Phi) is 8.61. The van der Waals surface area contributed by atoms with Crippen LogP contribution in [0.3, 0.4) is 0 Å². The molecule has 1 N–H and O–H groups in total. The van der Waals surface area contributed by atoms with Gasteiger partial charge in [-0.15, -0.1) is 0 Å². The van der Waals surface area contributed by atoms with Crippen molar-refractivity contribution in [1.29, 1.82) is 0 Å². The molecule has 0 aromatic heterocycles. The zero-order valence-electron chi connectivity index (χ0n) is 10.9. The standard InChI is InChI=1S/C14H14O6.Na.H/c1-9(2)13(17)19-7-8-20-14(18)11-6-4-3-5-10(11)12(15)16;;/h3-6H,1,7-8H2,2H3,(H,15,16);;. The molecule has 21 heavy (non-hydrogen) atoms. The molecule has 0 saturated heterocycles. The van der Waals surface area contributed by atoms with Crippen LogP contribution in [0, 0.1) is 0 Å². The second-order valence-corrected chi connectivity index (χ2v) is 3.90. The molecule has 0 aliphatic heterocycles. The minimum atomic E-state index is -1.22. The van der Waals surface area contributed by atoms with Crippen molar-refractivity contribution in [2.24, 2.45) is 0 Å². The molecule has 0 atom stereocenters. The van der Waals surface area contributed by atoms with Gasteiger partial charge < -0.3 is 14.6 Å². The number of hydrogen-bond acceptors (Lipinski definition) is 5. The predicted octanol–water partition coefficient (Wildman–Crippen LogP) is 1.01. The molecule has 108 valence electrons. The zero-order chi connectivity index (χ0) is 15.1. The van der Waals surface area contributed by atoms with Crippen LogP contribution in [-0.2, 0) is 14.3 Å². The van der Waals surface area contributed by atoms with Gasteiger partial charge in [-0.1, -0.05) is 18.7 Å². The fourth-order valence-electron chi connectivity index (χ4n) is 1.32. The Bertz CT molecular complexity index is 552. The average Bonchev–Trinajstić information content (AvgIpc) is 2.42. The molecular weight excluding hydrogens is 287 g/mol. The summed E-state index contributed by atoms with van der Waals surface area (Å²) in [6.07, 6.45) is 0. The Morgan fingerprint density at radius 1 is 1.10 bits per heavy atom. The van der Waals surface area contributed by atoms with Crippen molar-refractivity contribution < 1.29 is 29.0 Å². The van der Waals surface area contributed by atoms with Crippen molar-refractivity contribution in [3.8, 4) is 0 Å². The van der Waals surface area contributed by atoms with E-state index in [4.69, 9.17) is 14.6 Å². The molecule has 0 fully saturated rings. The van der Waals surface area contributed by atoms with E-state index < -0.39 is 17.9 Å². The molecular formula is C14H15NaO6. The summed E-state index contributed by atoms with van der Waals surface area (Å²) in [7, 11) is 0. The maximum atomic E-state index is 11.7. The maximum absolute atomic E-state index is 11.7. The van der Waals surface area contributed by atoms with Gasteiger partial charge in [-0.05, 0) is 19.1 Å². The van der Waals surface area contributed by atoms with E-state index in [0.29, 0.717) is 0 Å².